The summed E-state index contributed by atoms with van der Waals surface area (Å²) in [5.41, 5.74) is -0.194. The second-order valence-corrected chi connectivity index (χ2v) is 6.88. The first-order chi connectivity index (χ1) is 13.3. The Bertz CT molecular complexity index is 1000. The van der Waals surface area contributed by atoms with Crippen LogP contribution < -0.4 is 5.32 Å². The summed E-state index contributed by atoms with van der Waals surface area (Å²) in [7, 11) is 2.04. The van der Waals surface area contributed by atoms with E-state index in [-0.39, 0.29) is 17.3 Å². The molecule has 2 N–H and O–H groups in total. The number of nitrogens with zero attached hydrogens (tertiary/aromatic N) is 6. The van der Waals surface area contributed by atoms with Crippen LogP contribution in [0.3, 0.4) is 0 Å². The van der Waals surface area contributed by atoms with Crippen molar-refractivity contribution in [1.82, 2.24) is 29.9 Å². The van der Waals surface area contributed by atoms with Gasteiger partial charge in [0.05, 0.1) is 11.8 Å². The van der Waals surface area contributed by atoms with Gasteiger partial charge in [0.15, 0.2) is 0 Å². The van der Waals surface area contributed by atoms with Gasteiger partial charge in [-0.05, 0) is 44.6 Å². The molecule has 148 valence electrons. The zero-order chi connectivity index (χ0) is 19.9. The minimum atomic E-state index is -4.55. The van der Waals surface area contributed by atoms with Crippen LogP contribution in [0.15, 0.2) is 24.4 Å². The molecule has 3 aromatic rings. The summed E-state index contributed by atoms with van der Waals surface area (Å²) in [5.74, 6) is -0.148. The number of piperidine rings is 1. The molecule has 28 heavy (non-hydrogen) atoms. The molecule has 1 aliphatic rings. The van der Waals surface area contributed by atoms with Gasteiger partial charge in [-0.3, -0.25) is 0 Å². The number of halogens is 3. The number of benzene rings is 1. The summed E-state index contributed by atoms with van der Waals surface area (Å²) >= 11 is 0. The number of hydrogen-bond donors (Lipinski definition) is 2. The molecular formula is C17H18F3N7O. The van der Waals surface area contributed by atoms with Crippen molar-refractivity contribution in [2.24, 2.45) is 0 Å². The van der Waals surface area contributed by atoms with E-state index < -0.39 is 17.5 Å². The lowest BCUT2D eigenvalue weighted by molar-refractivity contribution is -0.137. The Morgan fingerprint density at radius 1 is 1.25 bits per heavy atom. The molecule has 3 heterocycles. The fourth-order valence-corrected chi connectivity index (χ4v) is 3.40. The zero-order valence-electron chi connectivity index (χ0n) is 15.0. The molecule has 0 spiro atoms. The van der Waals surface area contributed by atoms with Crippen LogP contribution >= 0.6 is 0 Å². The van der Waals surface area contributed by atoms with Crippen LogP contribution in [0.2, 0.25) is 0 Å². The van der Waals surface area contributed by atoms with Crippen LogP contribution in [0.25, 0.3) is 16.8 Å². The average molecular weight is 393 g/mol. The van der Waals surface area contributed by atoms with E-state index in [2.05, 4.69) is 30.7 Å². The first-order valence-electron chi connectivity index (χ1n) is 8.75. The second-order valence-electron chi connectivity index (χ2n) is 6.88. The Morgan fingerprint density at radius 2 is 2.07 bits per heavy atom. The fraction of sp³-hybridized carbons (Fsp3) is 0.412. The Morgan fingerprint density at radius 3 is 2.79 bits per heavy atom. The van der Waals surface area contributed by atoms with Crippen molar-refractivity contribution < 1.29 is 18.3 Å². The third-order valence-electron chi connectivity index (χ3n) is 4.78. The number of aromatic hydroxyl groups is 1. The number of anilines is 1. The molecule has 0 bridgehead atoms. The third-order valence-corrected chi connectivity index (χ3v) is 4.78. The summed E-state index contributed by atoms with van der Waals surface area (Å²) < 4.78 is 39.9. The lowest BCUT2D eigenvalue weighted by Crippen LogP contribution is -2.40. The number of fused-ring (bicyclic) bond motifs is 1. The standard InChI is InChI=1S/C17H18F3N7O/c1-26-6-2-3-11(9-26)22-16-24-23-15(13-8-21-25-27(13)16)12-5-4-10(7-14(12)28)17(18,19)20/h4-5,7-8,11,28H,2-3,6,9H2,1H3,(H,22,24)/t11-/m1/s1. The SMILES string of the molecule is CN1CCC[C@@H](Nc2nnc(-c3ccc(C(F)(F)F)cc3O)c3cnnn23)C1. The third kappa shape index (κ3) is 3.44. The number of phenolic OH excluding ortho intramolecular Hbond substituents is 1. The molecule has 8 nitrogen and oxygen atoms in total. The van der Waals surface area contributed by atoms with Crippen LogP contribution in [0.5, 0.6) is 5.75 Å². The number of hydrogen-bond acceptors (Lipinski definition) is 7. The van der Waals surface area contributed by atoms with Gasteiger partial charge in [0.1, 0.15) is 17.0 Å². The summed E-state index contributed by atoms with van der Waals surface area (Å²) in [5, 5.41) is 29.5. The minimum Gasteiger partial charge on any atom is -0.507 e. The van der Waals surface area contributed by atoms with E-state index in [0.717, 1.165) is 32.0 Å². The van der Waals surface area contributed by atoms with Crippen molar-refractivity contribution in [3.8, 4) is 17.0 Å². The summed E-state index contributed by atoms with van der Waals surface area (Å²) in [6.07, 6.45) is -1.08. The number of rotatable bonds is 3. The molecule has 0 amide bonds. The van der Waals surface area contributed by atoms with Crippen molar-refractivity contribution in [2.75, 3.05) is 25.5 Å². The highest BCUT2D eigenvalue weighted by molar-refractivity contribution is 5.80. The summed E-state index contributed by atoms with van der Waals surface area (Å²) in [4.78, 5) is 2.21. The smallest absolute Gasteiger partial charge is 0.416 e. The highest BCUT2D eigenvalue weighted by Crippen LogP contribution is 2.37. The van der Waals surface area contributed by atoms with E-state index in [1.165, 1.54) is 16.8 Å². The molecule has 1 saturated heterocycles. The van der Waals surface area contributed by atoms with Crippen molar-refractivity contribution in [3.05, 3.63) is 30.0 Å². The molecule has 4 rings (SSSR count). The number of alkyl halides is 3. The predicted octanol–water partition coefficient (Wildman–Crippen LogP) is 2.42. The Labute approximate surface area is 158 Å². The normalized spacial score (nSPS) is 18.5. The fourth-order valence-electron chi connectivity index (χ4n) is 3.40. The average Bonchev–Trinajstić information content (AvgIpc) is 3.12. The minimum absolute atomic E-state index is 0.122. The van der Waals surface area contributed by atoms with Gasteiger partial charge < -0.3 is 15.3 Å². The summed E-state index contributed by atoms with van der Waals surface area (Å²) in [6.45, 7) is 1.88. The molecule has 2 aromatic heterocycles. The predicted molar refractivity (Wildman–Crippen MR) is 94.8 cm³/mol. The molecule has 1 atom stereocenters. The number of likely N-dealkylation sites (tertiary alicyclic amines) is 1. The first kappa shape index (κ1) is 18.4. The molecule has 0 saturated carbocycles. The molecule has 1 fully saturated rings. The van der Waals surface area contributed by atoms with E-state index in [1.54, 1.807) is 0 Å². The lowest BCUT2D eigenvalue weighted by Gasteiger charge is -2.30. The van der Waals surface area contributed by atoms with E-state index >= 15 is 0 Å². The maximum atomic E-state index is 12.8. The largest absolute Gasteiger partial charge is 0.507 e. The van der Waals surface area contributed by atoms with Crippen molar-refractivity contribution in [1.29, 1.82) is 0 Å². The van der Waals surface area contributed by atoms with Crippen LogP contribution in [-0.4, -0.2) is 61.2 Å². The van der Waals surface area contributed by atoms with Gasteiger partial charge in [0, 0.05) is 18.2 Å². The van der Waals surface area contributed by atoms with E-state index in [1.807, 2.05) is 7.05 Å². The number of phenols is 1. The molecule has 1 aromatic carbocycles. The lowest BCUT2D eigenvalue weighted by atomic mass is 10.1. The van der Waals surface area contributed by atoms with Gasteiger partial charge in [-0.15, -0.1) is 15.3 Å². The maximum absolute atomic E-state index is 12.8. The topological polar surface area (TPSA) is 91.5 Å². The Hall–Kier alpha value is -2.95. The maximum Gasteiger partial charge on any atom is 0.416 e. The summed E-state index contributed by atoms with van der Waals surface area (Å²) in [6, 6.07) is 2.89. The number of nitrogens with one attached hydrogen (secondary N) is 1. The monoisotopic (exact) mass is 393 g/mol. The van der Waals surface area contributed by atoms with Crippen LogP contribution in [0.1, 0.15) is 18.4 Å². The van der Waals surface area contributed by atoms with Crippen LogP contribution in [0.4, 0.5) is 19.1 Å². The second kappa shape index (κ2) is 6.89. The molecule has 0 unspecified atom stereocenters. The van der Waals surface area contributed by atoms with Gasteiger partial charge >= 0.3 is 6.18 Å². The number of aromatic nitrogens is 5. The Balaban J connectivity index is 1.70. The van der Waals surface area contributed by atoms with Crippen molar-refractivity contribution in [2.45, 2.75) is 25.1 Å². The van der Waals surface area contributed by atoms with Gasteiger partial charge in [-0.1, -0.05) is 5.21 Å². The first-order valence-corrected chi connectivity index (χ1v) is 8.75. The van der Waals surface area contributed by atoms with Gasteiger partial charge in [0.2, 0.25) is 5.95 Å². The van der Waals surface area contributed by atoms with Gasteiger partial charge in [0.25, 0.3) is 0 Å². The van der Waals surface area contributed by atoms with Gasteiger partial charge in [-0.2, -0.15) is 17.7 Å². The van der Waals surface area contributed by atoms with Crippen molar-refractivity contribution in [3.63, 3.8) is 0 Å². The van der Waals surface area contributed by atoms with Gasteiger partial charge in [-0.25, -0.2) is 0 Å². The quantitative estimate of drug-likeness (QED) is 0.706. The van der Waals surface area contributed by atoms with E-state index in [4.69, 9.17) is 0 Å². The number of likely N-dealkylation sites (N-methyl/N-ethyl adjacent to an activating group) is 1. The highest BCUT2D eigenvalue weighted by atomic mass is 19.4. The molecule has 11 heteroatoms. The zero-order valence-corrected chi connectivity index (χ0v) is 15.0. The van der Waals surface area contributed by atoms with Crippen LogP contribution in [-0.2, 0) is 6.18 Å². The van der Waals surface area contributed by atoms with Crippen molar-refractivity contribution >= 4 is 11.5 Å². The molecule has 0 radical (unpaired) electrons. The van der Waals surface area contributed by atoms with E-state index in [9.17, 15) is 18.3 Å². The molecular weight excluding hydrogens is 375 g/mol. The van der Waals surface area contributed by atoms with Crippen LogP contribution in [0, 0.1) is 0 Å². The molecule has 1 aliphatic heterocycles. The van der Waals surface area contributed by atoms with E-state index in [0.29, 0.717) is 17.5 Å². The highest BCUT2D eigenvalue weighted by Gasteiger charge is 2.31. The molecule has 0 aliphatic carbocycles. The Kier molecular flexibility index (Phi) is 4.53.